The Bertz CT molecular complexity index is 1140. The van der Waals surface area contributed by atoms with Gasteiger partial charge < -0.3 is 28.3 Å². The Morgan fingerprint density at radius 3 is 2.31 bits per heavy atom. The number of pyridine rings is 1. The van der Waals surface area contributed by atoms with E-state index in [1.54, 1.807) is 21.1 Å². The molecule has 7 nitrogen and oxygen atoms in total. The Balaban J connectivity index is 1.87. The molecule has 0 saturated carbocycles. The highest BCUT2D eigenvalue weighted by Crippen LogP contribution is 2.35. The molecule has 1 unspecified atom stereocenters. The molecule has 0 amide bonds. The van der Waals surface area contributed by atoms with Crippen LogP contribution in [0.1, 0.15) is 30.4 Å². The standard InChI is InChI=1S/C28H33NO6/c1-20-26(30)27(34-19-21-12-6-4-7-13-21)25(22-14-8-5-9-15-22)29(18-24(31-2)32-3)28(20)35-23-16-10-11-17-33-23/h4-9,12-15,23-24H,10-11,16-19H2,1-3H3. The van der Waals surface area contributed by atoms with Crippen LogP contribution in [0.3, 0.4) is 0 Å². The molecule has 0 bridgehead atoms. The zero-order valence-electron chi connectivity index (χ0n) is 20.6. The molecule has 2 aromatic carbocycles. The van der Waals surface area contributed by atoms with Crippen molar-refractivity contribution in [1.82, 2.24) is 4.57 Å². The van der Waals surface area contributed by atoms with E-state index in [0.29, 0.717) is 30.3 Å². The Morgan fingerprint density at radius 2 is 1.69 bits per heavy atom. The summed E-state index contributed by atoms with van der Waals surface area (Å²) in [5.74, 6) is 0.701. The molecule has 3 aromatic rings. The molecule has 7 heteroatoms. The second-order valence-corrected chi connectivity index (χ2v) is 8.50. The molecule has 1 aromatic heterocycles. The van der Waals surface area contributed by atoms with Gasteiger partial charge in [-0.15, -0.1) is 0 Å². The van der Waals surface area contributed by atoms with Gasteiger partial charge in [-0.2, -0.15) is 0 Å². The molecule has 4 rings (SSSR count). The molecule has 0 N–H and O–H groups in total. The normalized spacial score (nSPS) is 15.8. The van der Waals surface area contributed by atoms with E-state index in [1.165, 1.54) is 0 Å². The topological polar surface area (TPSA) is 68.2 Å². The SMILES string of the molecule is COC(Cn1c(OC2CCCCO2)c(C)c(=O)c(OCc2ccccc2)c1-c1ccccc1)OC. The van der Waals surface area contributed by atoms with E-state index in [2.05, 4.69) is 0 Å². The van der Waals surface area contributed by atoms with Gasteiger partial charge in [-0.1, -0.05) is 60.7 Å². The summed E-state index contributed by atoms with van der Waals surface area (Å²) in [4.78, 5) is 13.7. The Labute approximate surface area is 206 Å². The molecule has 1 saturated heterocycles. The molecular weight excluding hydrogens is 446 g/mol. The quantitative estimate of drug-likeness (QED) is 0.384. The second kappa shape index (κ2) is 12.0. The predicted octanol–water partition coefficient (Wildman–Crippen LogP) is 4.93. The largest absolute Gasteiger partial charge is 0.483 e. The van der Waals surface area contributed by atoms with Crippen molar-refractivity contribution in [1.29, 1.82) is 0 Å². The zero-order chi connectivity index (χ0) is 24.6. The van der Waals surface area contributed by atoms with Crippen molar-refractivity contribution in [3.8, 4) is 22.9 Å². The maximum atomic E-state index is 13.7. The number of methoxy groups -OCH3 is 2. The minimum Gasteiger partial charge on any atom is -0.483 e. The van der Waals surface area contributed by atoms with Gasteiger partial charge >= 0.3 is 0 Å². The molecule has 35 heavy (non-hydrogen) atoms. The fraction of sp³-hybridized carbons (Fsp3) is 0.393. The van der Waals surface area contributed by atoms with Gasteiger partial charge in [0.1, 0.15) is 6.61 Å². The molecule has 1 fully saturated rings. The number of aromatic nitrogens is 1. The van der Waals surface area contributed by atoms with Crippen molar-refractivity contribution >= 4 is 0 Å². The summed E-state index contributed by atoms with van der Waals surface area (Å²) in [5, 5.41) is 0. The van der Waals surface area contributed by atoms with Crippen molar-refractivity contribution in [2.45, 2.75) is 51.9 Å². The van der Waals surface area contributed by atoms with Gasteiger partial charge in [0, 0.05) is 26.2 Å². The van der Waals surface area contributed by atoms with Crippen molar-refractivity contribution in [2.75, 3.05) is 20.8 Å². The third kappa shape index (κ3) is 5.93. The summed E-state index contributed by atoms with van der Waals surface area (Å²) < 4.78 is 31.4. The lowest BCUT2D eigenvalue weighted by molar-refractivity contribution is -0.122. The molecule has 1 aliphatic heterocycles. The summed E-state index contributed by atoms with van der Waals surface area (Å²) in [7, 11) is 3.17. The highest BCUT2D eigenvalue weighted by Gasteiger charge is 2.27. The average Bonchev–Trinajstić information content (AvgIpc) is 2.91. The minimum atomic E-state index is -0.559. The van der Waals surface area contributed by atoms with Crippen molar-refractivity contribution in [2.24, 2.45) is 0 Å². The lowest BCUT2D eigenvalue weighted by atomic mass is 10.1. The maximum Gasteiger partial charge on any atom is 0.230 e. The van der Waals surface area contributed by atoms with Crippen LogP contribution in [0.4, 0.5) is 0 Å². The fourth-order valence-corrected chi connectivity index (χ4v) is 4.20. The third-order valence-electron chi connectivity index (χ3n) is 6.11. The lowest BCUT2D eigenvalue weighted by Gasteiger charge is -2.29. The second-order valence-electron chi connectivity index (χ2n) is 8.50. The predicted molar refractivity (Wildman–Crippen MR) is 134 cm³/mol. The molecule has 186 valence electrons. The summed E-state index contributed by atoms with van der Waals surface area (Å²) in [6.45, 7) is 2.95. The fourth-order valence-electron chi connectivity index (χ4n) is 4.20. The van der Waals surface area contributed by atoms with Crippen molar-refractivity contribution in [3.05, 3.63) is 82.0 Å². The highest BCUT2D eigenvalue weighted by atomic mass is 16.7. The third-order valence-corrected chi connectivity index (χ3v) is 6.11. The van der Waals surface area contributed by atoms with Gasteiger partial charge in [0.15, 0.2) is 12.0 Å². The van der Waals surface area contributed by atoms with Gasteiger partial charge in [-0.05, 0) is 25.3 Å². The van der Waals surface area contributed by atoms with E-state index in [4.69, 9.17) is 23.7 Å². The number of nitrogens with zero attached hydrogens (tertiary/aromatic N) is 1. The first-order valence-corrected chi connectivity index (χ1v) is 12.0. The van der Waals surface area contributed by atoms with Crippen LogP contribution in [0.25, 0.3) is 11.3 Å². The van der Waals surface area contributed by atoms with Crippen LogP contribution in [-0.2, 0) is 27.4 Å². The van der Waals surface area contributed by atoms with Crippen LogP contribution in [0.5, 0.6) is 11.6 Å². The van der Waals surface area contributed by atoms with Crippen LogP contribution in [0.15, 0.2) is 65.5 Å². The number of hydrogen-bond acceptors (Lipinski definition) is 6. The average molecular weight is 480 g/mol. The van der Waals surface area contributed by atoms with Crippen molar-refractivity contribution in [3.63, 3.8) is 0 Å². The molecule has 0 spiro atoms. The number of hydrogen-bond donors (Lipinski definition) is 0. The summed E-state index contributed by atoms with van der Waals surface area (Å²) in [6, 6.07) is 19.5. The first kappa shape index (κ1) is 25.0. The molecule has 0 aliphatic carbocycles. The van der Waals surface area contributed by atoms with Crippen LogP contribution in [-0.4, -0.2) is 38.0 Å². The Hall–Kier alpha value is -3.13. The van der Waals surface area contributed by atoms with E-state index < -0.39 is 12.6 Å². The highest BCUT2D eigenvalue weighted by molar-refractivity contribution is 5.69. The van der Waals surface area contributed by atoms with Gasteiger partial charge in [0.25, 0.3) is 0 Å². The zero-order valence-corrected chi connectivity index (χ0v) is 20.6. The van der Waals surface area contributed by atoms with E-state index in [-0.39, 0.29) is 17.8 Å². The number of benzene rings is 2. The Kier molecular flexibility index (Phi) is 8.58. The minimum absolute atomic E-state index is 0.215. The van der Waals surface area contributed by atoms with Crippen molar-refractivity contribution < 1.29 is 23.7 Å². The first-order valence-electron chi connectivity index (χ1n) is 12.0. The van der Waals surface area contributed by atoms with Crippen LogP contribution in [0, 0.1) is 6.92 Å². The monoisotopic (exact) mass is 479 g/mol. The molecule has 0 radical (unpaired) electrons. The van der Waals surface area contributed by atoms with Gasteiger partial charge in [0.05, 0.1) is 24.4 Å². The molecule has 1 atom stereocenters. The molecular formula is C28H33NO6. The molecule has 1 aliphatic rings. The first-order chi connectivity index (χ1) is 17.1. The van der Waals surface area contributed by atoms with Crippen LogP contribution >= 0.6 is 0 Å². The van der Waals surface area contributed by atoms with Crippen LogP contribution < -0.4 is 14.9 Å². The van der Waals surface area contributed by atoms with Crippen LogP contribution in [0.2, 0.25) is 0 Å². The maximum absolute atomic E-state index is 13.7. The summed E-state index contributed by atoms with van der Waals surface area (Å²) >= 11 is 0. The Morgan fingerprint density at radius 1 is 1.00 bits per heavy atom. The molecule has 2 heterocycles. The van der Waals surface area contributed by atoms with E-state index in [1.807, 2.05) is 65.2 Å². The smallest absolute Gasteiger partial charge is 0.230 e. The van der Waals surface area contributed by atoms with Gasteiger partial charge in [-0.25, -0.2) is 0 Å². The van der Waals surface area contributed by atoms with E-state index >= 15 is 0 Å². The van der Waals surface area contributed by atoms with Gasteiger partial charge in [-0.3, -0.25) is 4.79 Å². The van der Waals surface area contributed by atoms with E-state index in [0.717, 1.165) is 30.4 Å². The summed E-state index contributed by atoms with van der Waals surface area (Å²) in [6.07, 6.45) is 1.80. The summed E-state index contributed by atoms with van der Waals surface area (Å²) in [5.41, 5.74) is 2.65. The number of ether oxygens (including phenoxy) is 5. The number of rotatable bonds is 10. The van der Waals surface area contributed by atoms with E-state index in [9.17, 15) is 4.79 Å². The van der Waals surface area contributed by atoms with Gasteiger partial charge in [0.2, 0.25) is 17.6 Å². The lowest BCUT2D eigenvalue weighted by Crippen LogP contribution is -2.31.